The summed E-state index contributed by atoms with van der Waals surface area (Å²) in [5.74, 6) is 0. The van der Waals surface area contributed by atoms with E-state index in [1.165, 1.54) is 38.5 Å². The molecule has 6 nitrogen and oxygen atoms in total. The second-order valence-corrected chi connectivity index (χ2v) is 12.4. The third kappa shape index (κ3) is 7.32. The van der Waals surface area contributed by atoms with Gasteiger partial charge in [-0.05, 0) is 135 Å². The molecule has 5 aromatic heterocycles. The Morgan fingerprint density at radius 3 is 1.45 bits per heavy atom. The molecule has 47 heavy (non-hydrogen) atoms. The monoisotopic (exact) mass is 709 g/mol. The Hall–Kier alpha value is -4.72. The van der Waals surface area contributed by atoms with Gasteiger partial charge in [-0.15, -0.1) is 16.4 Å². The number of nitrogens with zero attached hydrogens (tertiary/aromatic N) is 4. The van der Waals surface area contributed by atoms with Crippen molar-refractivity contribution in [3.8, 4) is 11.1 Å². The molecule has 233 valence electrons. The number of fused-ring (bicyclic) bond motifs is 12. The molecule has 7 aromatic rings. The van der Waals surface area contributed by atoms with Crippen molar-refractivity contribution in [3.05, 3.63) is 142 Å². The van der Waals surface area contributed by atoms with Crippen LogP contribution < -0.4 is 0 Å². The van der Waals surface area contributed by atoms with Crippen molar-refractivity contribution >= 4 is 89.7 Å². The normalized spacial score (nSPS) is 11.7. The summed E-state index contributed by atoms with van der Waals surface area (Å²) in [5, 5.41) is 5.89. The third-order valence-corrected chi connectivity index (χ3v) is 9.24. The van der Waals surface area contributed by atoms with Crippen LogP contribution in [-0.2, 0) is 23.2 Å². The molecular weight excluding hydrogens is 680 g/mol. The smallest absolute Gasteiger partial charge is 0.158 e. The quantitative estimate of drug-likeness (QED) is 0.156. The topological polar surface area (TPSA) is 83.1 Å². The summed E-state index contributed by atoms with van der Waals surface area (Å²) in [6, 6.07) is 35.7. The summed E-state index contributed by atoms with van der Waals surface area (Å²) in [4.78, 5) is 17.1. The van der Waals surface area contributed by atoms with E-state index < -0.39 is 0 Å². The average molecular weight is 710 g/mol. The van der Waals surface area contributed by atoms with Crippen LogP contribution in [-0.4, -0.2) is 40.5 Å². The van der Waals surface area contributed by atoms with Crippen LogP contribution in [0.1, 0.15) is 33.9 Å². The summed E-state index contributed by atoms with van der Waals surface area (Å²) in [7, 11) is 0. The van der Waals surface area contributed by atoms with E-state index in [-0.39, 0.29) is 27.7 Å². The first-order valence-corrected chi connectivity index (χ1v) is 16.2. The van der Waals surface area contributed by atoms with Crippen molar-refractivity contribution in [2.75, 3.05) is 0 Å². The Balaban J connectivity index is 0.000000140. The molecular formula is C37H30CoN6S2Si. The van der Waals surface area contributed by atoms with E-state index in [0.717, 1.165) is 56.1 Å². The molecule has 0 fully saturated rings. The van der Waals surface area contributed by atoms with Crippen molar-refractivity contribution in [2.24, 2.45) is 0 Å². The fraction of sp³-hybridized carbons (Fsp3) is 0.0270. The van der Waals surface area contributed by atoms with E-state index in [4.69, 9.17) is 0 Å². The largest absolute Gasteiger partial charge is 0.355 e. The molecule has 0 saturated carbocycles. The number of aromatic amines is 2. The number of H-pyrrole nitrogens is 2. The molecule has 0 saturated heterocycles. The van der Waals surface area contributed by atoms with Gasteiger partial charge in [-0.2, -0.15) is 0 Å². The maximum atomic E-state index is 4.63. The second kappa shape index (κ2) is 14.4. The predicted molar refractivity (Wildman–Crippen MR) is 200 cm³/mol. The van der Waals surface area contributed by atoms with Gasteiger partial charge in [-0.3, -0.25) is 0 Å². The molecule has 2 aliphatic heterocycles. The Bertz CT molecular complexity index is 2130. The van der Waals surface area contributed by atoms with Crippen molar-refractivity contribution in [1.29, 1.82) is 0 Å². The SMILES string of the molecule is C1=Cc2cc3ccc(cc4nc(cc5ccc(cc1n2)[nH]5)C=C4)[nH]3.[Co].[SiH4].c1cc2snnc2s1.c1ccc2c(c1)Cc1ccccc1-2. The maximum Gasteiger partial charge on any atom is 0.158 e. The zero-order chi connectivity index (χ0) is 30.0. The van der Waals surface area contributed by atoms with Gasteiger partial charge >= 0.3 is 0 Å². The van der Waals surface area contributed by atoms with E-state index in [1.807, 2.05) is 60.0 Å². The molecule has 2 N–H and O–H groups in total. The zero-order valence-electron chi connectivity index (χ0n) is 24.3. The van der Waals surface area contributed by atoms with Crippen LogP contribution in [0.2, 0.25) is 0 Å². The minimum Gasteiger partial charge on any atom is -0.355 e. The molecule has 2 aromatic carbocycles. The number of hydrogen-bond donors (Lipinski definition) is 2. The van der Waals surface area contributed by atoms with Gasteiger partial charge in [0, 0.05) is 38.8 Å². The number of nitrogens with one attached hydrogen (secondary N) is 2. The molecule has 10 heteroatoms. The first-order valence-electron chi connectivity index (χ1n) is 14.6. The fourth-order valence-corrected chi connectivity index (χ4v) is 7.01. The summed E-state index contributed by atoms with van der Waals surface area (Å²) >= 11 is 3.07. The second-order valence-electron chi connectivity index (χ2n) is 10.8. The molecule has 0 atom stereocenters. The van der Waals surface area contributed by atoms with Crippen LogP contribution in [0.5, 0.6) is 0 Å². The van der Waals surface area contributed by atoms with E-state index in [9.17, 15) is 0 Å². The van der Waals surface area contributed by atoms with Crippen LogP contribution in [0.25, 0.3) is 67.0 Å². The van der Waals surface area contributed by atoms with E-state index >= 15 is 0 Å². The van der Waals surface area contributed by atoms with Crippen LogP contribution in [0.3, 0.4) is 0 Å². The Morgan fingerprint density at radius 1 is 0.553 bits per heavy atom. The van der Waals surface area contributed by atoms with Gasteiger partial charge in [-0.1, -0.05) is 53.0 Å². The number of benzene rings is 2. The summed E-state index contributed by atoms with van der Waals surface area (Å²) in [6.07, 6.45) is 9.19. The van der Waals surface area contributed by atoms with E-state index in [1.54, 1.807) is 11.3 Å². The molecule has 0 amide bonds. The number of rotatable bonds is 0. The van der Waals surface area contributed by atoms with Crippen LogP contribution in [0.15, 0.2) is 109 Å². The Kier molecular flexibility index (Phi) is 9.85. The van der Waals surface area contributed by atoms with Crippen molar-refractivity contribution in [1.82, 2.24) is 29.5 Å². The van der Waals surface area contributed by atoms with Crippen molar-refractivity contribution < 1.29 is 16.8 Å². The first-order chi connectivity index (χ1) is 22.2. The number of thiophene rings is 1. The molecule has 1 aliphatic carbocycles. The van der Waals surface area contributed by atoms with Gasteiger partial charge in [0.05, 0.1) is 27.5 Å². The molecule has 7 heterocycles. The van der Waals surface area contributed by atoms with E-state index in [0.29, 0.717) is 0 Å². The van der Waals surface area contributed by atoms with Crippen molar-refractivity contribution in [3.63, 3.8) is 0 Å². The van der Waals surface area contributed by atoms with Gasteiger partial charge in [0.15, 0.2) is 4.83 Å². The molecule has 8 bridgehead atoms. The van der Waals surface area contributed by atoms with Crippen LogP contribution in [0.4, 0.5) is 0 Å². The van der Waals surface area contributed by atoms with Gasteiger partial charge in [-0.25, -0.2) is 9.97 Å². The molecule has 3 aliphatic rings. The summed E-state index contributed by atoms with van der Waals surface area (Å²) in [6.45, 7) is 0. The van der Waals surface area contributed by atoms with Crippen molar-refractivity contribution in [2.45, 2.75) is 6.42 Å². The van der Waals surface area contributed by atoms with Gasteiger partial charge in [0.2, 0.25) is 0 Å². The predicted octanol–water partition coefficient (Wildman–Crippen LogP) is 8.21. The number of aromatic nitrogens is 6. The van der Waals surface area contributed by atoms with Gasteiger partial charge in [0.25, 0.3) is 0 Å². The van der Waals surface area contributed by atoms with Crippen LogP contribution in [0, 0.1) is 0 Å². The standard InChI is InChI=1S/C20H14N4.C13H10.C4H2N2S2.Co.H4Si/c1-2-14-10-16-5-6-18(23-16)12-20-8-7-19(24-20)11-17-4-3-15(22-17)9-13(1)21-14;1-3-7-12-10(5-1)9-11-6-2-4-8-13(11)12;1-2-7-4-3(1)8-6-5-4;;/h1-12,21,24H;1-8H,9H2;1-2H;;1H4. The zero-order valence-corrected chi connectivity index (χ0v) is 27.0. The average Bonchev–Trinajstić information content (AvgIpc) is 3.89. The summed E-state index contributed by atoms with van der Waals surface area (Å²) in [5.41, 5.74) is 13.6. The third-order valence-electron chi connectivity index (χ3n) is 7.63. The summed E-state index contributed by atoms with van der Waals surface area (Å²) < 4.78 is 4.95. The molecule has 1 radical (unpaired) electrons. The minimum absolute atomic E-state index is 0. The molecule has 10 rings (SSSR count). The number of hydrogen-bond acceptors (Lipinski definition) is 6. The maximum absolute atomic E-state index is 4.63. The van der Waals surface area contributed by atoms with Gasteiger partial charge in [0.1, 0.15) is 0 Å². The Labute approximate surface area is 294 Å². The molecule has 0 spiro atoms. The Morgan fingerprint density at radius 2 is 1.00 bits per heavy atom. The fourth-order valence-electron chi connectivity index (χ4n) is 5.56. The minimum atomic E-state index is 0. The first kappa shape index (κ1) is 32.2. The van der Waals surface area contributed by atoms with Crippen LogP contribution >= 0.6 is 22.9 Å². The molecule has 0 unspecified atom stereocenters. The van der Waals surface area contributed by atoms with Gasteiger partial charge < -0.3 is 9.97 Å². The van der Waals surface area contributed by atoms with E-state index in [2.05, 4.69) is 102 Å².